The molecular weight excluding hydrogens is 180 g/mol. The summed E-state index contributed by atoms with van der Waals surface area (Å²) in [7, 11) is 0. The highest BCUT2D eigenvalue weighted by Crippen LogP contribution is 2.31. The highest BCUT2D eigenvalue weighted by atomic mass is 32.1. The Balaban J connectivity index is 3.10. The first kappa shape index (κ1) is 10.7. The zero-order valence-electron chi connectivity index (χ0n) is 9.01. The fraction of sp³-hybridized carbons (Fsp3) is 0.700. The maximum absolute atomic E-state index is 5.84. The third kappa shape index (κ3) is 2.29. The van der Waals surface area contributed by atoms with Gasteiger partial charge in [-0.3, -0.25) is 0 Å². The molecule has 0 bridgehead atoms. The fourth-order valence-corrected chi connectivity index (χ4v) is 2.23. The monoisotopic (exact) mass is 198 g/mol. The predicted octanol–water partition coefficient (Wildman–Crippen LogP) is 2.77. The van der Waals surface area contributed by atoms with Gasteiger partial charge in [0.2, 0.25) is 0 Å². The van der Waals surface area contributed by atoms with E-state index in [-0.39, 0.29) is 11.5 Å². The minimum Gasteiger partial charge on any atom is -0.323 e. The first-order valence-electron chi connectivity index (χ1n) is 4.55. The molecule has 1 atom stereocenters. The number of nitrogens with zero attached hydrogens (tertiary/aromatic N) is 1. The van der Waals surface area contributed by atoms with Gasteiger partial charge in [0, 0.05) is 16.3 Å². The van der Waals surface area contributed by atoms with E-state index in [0.717, 1.165) is 5.69 Å². The van der Waals surface area contributed by atoms with Crippen molar-refractivity contribution in [1.29, 1.82) is 0 Å². The number of aromatic nitrogens is 1. The largest absolute Gasteiger partial charge is 0.323 e. The zero-order chi connectivity index (χ0) is 10.2. The van der Waals surface area contributed by atoms with Crippen LogP contribution in [-0.2, 0) is 5.41 Å². The van der Waals surface area contributed by atoms with Gasteiger partial charge in [0.25, 0.3) is 0 Å². The van der Waals surface area contributed by atoms with Crippen molar-refractivity contribution in [3.05, 3.63) is 15.6 Å². The SMILES string of the molecule is Cc1nc(C(C)(C)C)sc1[C@H](C)N. The van der Waals surface area contributed by atoms with Crippen molar-refractivity contribution in [1.82, 2.24) is 4.98 Å². The van der Waals surface area contributed by atoms with Gasteiger partial charge in [0.15, 0.2) is 0 Å². The Morgan fingerprint density at radius 2 is 1.92 bits per heavy atom. The lowest BCUT2D eigenvalue weighted by Gasteiger charge is -2.13. The minimum absolute atomic E-state index is 0.105. The molecule has 2 N–H and O–H groups in total. The number of rotatable bonds is 1. The van der Waals surface area contributed by atoms with Crippen LogP contribution in [-0.4, -0.2) is 4.98 Å². The van der Waals surface area contributed by atoms with Crippen LogP contribution in [0.5, 0.6) is 0 Å². The van der Waals surface area contributed by atoms with Crippen molar-refractivity contribution in [3.63, 3.8) is 0 Å². The van der Waals surface area contributed by atoms with E-state index < -0.39 is 0 Å². The van der Waals surface area contributed by atoms with Gasteiger partial charge in [0.1, 0.15) is 0 Å². The third-order valence-corrected chi connectivity index (χ3v) is 3.67. The Morgan fingerprint density at radius 3 is 2.15 bits per heavy atom. The summed E-state index contributed by atoms with van der Waals surface area (Å²) in [5.41, 5.74) is 7.07. The smallest absolute Gasteiger partial charge is 0.0985 e. The van der Waals surface area contributed by atoms with Gasteiger partial charge in [0.05, 0.1) is 10.7 Å². The second-order valence-corrected chi connectivity index (χ2v) is 5.54. The fourth-order valence-electron chi connectivity index (χ4n) is 1.15. The van der Waals surface area contributed by atoms with Crippen LogP contribution in [0.4, 0.5) is 0 Å². The van der Waals surface area contributed by atoms with E-state index in [1.165, 1.54) is 9.88 Å². The molecular formula is C10H18N2S. The van der Waals surface area contributed by atoms with Crippen LogP contribution >= 0.6 is 11.3 Å². The number of hydrogen-bond acceptors (Lipinski definition) is 3. The topological polar surface area (TPSA) is 38.9 Å². The molecule has 13 heavy (non-hydrogen) atoms. The second kappa shape index (κ2) is 3.39. The standard InChI is InChI=1S/C10H18N2S/c1-6(11)8-7(2)12-9(13-8)10(3,4)5/h6H,11H2,1-5H3/t6-/m0/s1. The van der Waals surface area contributed by atoms with Gasteiger partial charge < -0.3 is 5.73 Å². The van der Waals surface area contributed by atoms with Gasteiger partial charge >= 0.3 is 0 Å². The van der Waals surface area contributed by atoms with Crippen LogP contribution in [0.25, 0.3) is 0 Å². The molecule has 0 aliphatic heterocycles. The molecule has 0 unspecified atom stereocenters. The van der Waals surface area contributed by atoms with Gasteiger partial charge in [-0.05, 0) is 13.8 Å². The Labute approximate surface area is 84.2 Å². The molecule has 3 heteroatoms. The summed E-state index contributed by atoms with van der Waals surface area (Å²) in [5, 5.41) is 1.18. The molecule has 0 fully saturated rings. The summed E-state index contributed by atoms with van der Waals surface area (Å²) in [5.74, 6) is 0. The lowest BCUT2D eigenvalue weighted by Crippen LogP contribution is -2.10. The van der Waals surface area contributed by atoms with E-state index in [4.69, 9.17) is 5.73 Å². The van der Waals surface area contributed by atoms with Crippen molar-refractivity contribution in [2.24, 2.45) is 5.73 Å². The van der Waals surface area contributed by atoms with E-state index in [9.17, 15) is 0 Å². The first-order valence-corrected chi connectivity index (χ1v) is 5.37. The van der Waals surface area contributed by atoms with Crippen molar-refractivity contribution >= 4 is 11.3 Å². The molecule has 1 rings (SSSR count). The molecule has 1 aromatic heterocycles. The summed E-state index contributed by atoms with van der Waals surface area (Å²) in [6, 6.07) is 0.105. The lowest BCUT2D eigenvalue weighted by molar-refractivity contribution is 0.584. The maximum atomic E-state index is 5.84. The van der Waals surface area contributed by atoms with Gasteiger partial charge in [-0.25, -0.2) is 4.98 Å². The Hall–Kier alpha value is -0.410. The van der Waals surface area contributed by atoms with Crippen molar-refractivity contribution in [2.75, 3.05) is 0 Å². The Kier molecular flexibility index (Phi) is 2.78. The second-order valence-electron chi connectivity index (χ2n) is 4.51. The molecule has 0 aliphatic carbocycles. The van der Waals surface area contributed by atoms with Gasteiger partial charge in [-0.1, -0.05) is 20.8 Å². The number of thiazole rings is 1. The van der Waals surface area contributed by atoms with Crippen LogP contribution in [0.3, 0.4) is 0 Å². The number of nitrogens with two attached hydrogens (primary N) is 1. The molecule has 2 nitrogen and oxygen atoms in total. The van der Waals surface area contributed by atoms with Crippen LogP contribution in [0, 0.1) is 6.92 Å². The molecule has 0 amide bonds. The normalized spacial score (nSPS) is 14.6. The summed E-state index contributed by atoms with van der Waals surface area (Å²) in [6.45, 7) is 10.6. The van der Waals surface area contributed by atoms with E-state index in [0.29, 0.717) is 0 Å². The van der Waals surface area contributed by atoms with Crippen LogP contribution in [0.15, 0.2) is 0 Å². The molecule has 0 saturated carbocycles. The Morgan fingerprint density at radius 1 is 1.38 bits per heavy atom. The van der Waals surface area contributed by atoms with Crippen molar-refractivity contribution in [3.8, 4) is 0 Å². The van der Waals surface area contributed by atoms with E-state index >= 15 is 0 Å². The zero-order valence-corrected chi connectivity index (χ0v) is 9.83. The molecule has 0 aliphatic rings. The van der Waals surface area contributed by atoms with Crippen molar-refractivity contribution in [2.45, 2.75) is 46.1 Å². The van der Waals surface area contributed by atoms with E-state index in [1.807, 2.05) is 13.8 Å². The Bertz CT molecular complexity index is 294. The van der Waals surface area contributed by atoms with Crippen LogP contribution < -0.4 is 5.73 Å². The summed E-state index contributed by atoms with van der Waals surface area (Å²) in [6.07, 6.45) is 0. The van der Waals surface area contributed by atoms with Crippen molar-refractivity contribution < 1.29 is 0 Å². The van der Waals surface area contributed by atoms with Crippen LogP contribution in [0.1, 0.15) is 49.3 Å². The first-order chi connectivity index (χ1) is 5.82. The molecule has 0 radical (unpaired) electrons. The predicted molar refractivity (Wildman–Crippen MR) is 58.2 cm³/mol. The van der Waals surface area contributed by atoms with Gasteiger partial charge in [-0.15, -0.1) is 11.3 Å². The highest BCUT2D eigenvalue weighted by molar-refractivity contribution is 7.12. The molecule has 0 saturated heterocycles. The molecule has 1 heterocycles. The molecule has 0 spiro atoms. The number of aryl methyl sites for hydroxylation is 1. The average Bonchev–Trinajstić information content (AvgIpc) is 2.29. The van der Waals surface area contributed by atoms with E-state index in [2.05, 4.69) is 25.8 Å². The average molecular weight is 198 g/mol. The minimum atomic E-state index is 0.105. The highest BCUT2D eigenvalue weighted by Gasteiger charge is 2.20. The van der Waals surface area contributed by atoms with Crippen LogP contribution in [0.2, 0.25) is 0 Å². The maximum Gasteiger partial charge on any atom is 0.0985 e. The summed E-state index contributed by atoms with van der Waals surface area (Å²) in [4.78, 5) is 5.75. The quantitative estimate of drug-likeness (QED) is 0.753. The third-order valence-electron chi connectivity index (χ3n) is 1.89. The van der Waals surface area contributed by atoms with Gasteiger partial charge in [-0.2, -0.15) is 0 Å². The van der Waals surface area contributed by atoms with E-state index in [1.54, 1.807) is 11.3 Å². The lowest BCUT2D eigenvalue weighted by atomic mass is 9.98. The molecule has 0 aromatic carbocycles. The summed E-state index contributed by atoms with van der Waals surface area (Å²) >= 11 is 1.74. The number of hydrogen-bond donors (Lipinski definition) is 1. The summed E-state index contributed by atoms with van der Waals surface area (Å²) < 4.78 is 0. The molecule has 1 aromatic rings. The molecule has 74 valence electrons.